The molecule has 166 valence electrons. The Kier molecular flexibility index (Phi) is 4.83. The van der Waals surface area contributed by atoms with Crippen molar-refractivity contribution >= 4 is 23.4 Å². The Morgan fingerprint density at radius 3 is 2.69 bits per heavy atom. The Labute approximate surface area is 186 Å². The Morgan fingerprint density at radius 1 is 1.19 bits per heavy atom. The summed E-state index contributed by atoms with van der Waals surface area (Å²) in [5.74, 6) is 1.45. The van der Waals surface area contributed by atoms with Gasteiger partial charge in [-0.1, -0.05) is 12.1 Å². The molecule has 9 heteroatoms. The normalized spacial score (nSPS) is 22.2. The minimum Gasteiger partial charge on any atom is -0.350 e. The molecular formula is C23H26FN7O. The van der Waals surface area contributed by atoms with Gasteiger partial charge in [0.05, 0.1) is 17.9 Å². The standard InChI is InChI=1S/C23H26FN7O/c1-13-20-21(29(3)14(2)22(32)30(20)4)28-23(27-13)25-10-15-11-26-31(12-15)19-9-18(19)16-5-7-17(24)8-6-16/h5-8,11-12,14,18-19H,9-10H2,1-4H3,(H,25,27,28)/t14-,18+,19+/m0/s1. The lowest BCUT2D eigenvalue weighted by molar-refractivity contribution is -0.119. The summed E-state index contributed by atoms with van der Waals surface area (Å²) in [5.41, 5.74) is 3.67. The highest BCUT2D eigenvalue weighted by atomic mass is 19.1. The van der Waals surface area contributed by atoms with Gasteiger partial charge in [-0.15, -0.1) is 0 Å². The average Bonchev–Trinajstić information content (AvgIpc) is 3.44. The SMILES string of the molecule is Cc1nc(NCc2cnn([C@@H]3C[C@@H]3c3ccc(F)cc3)c2)nc2c1N(C)C(=O)[C@H](C)N2C. The molecule has 0 unspecified atom stereocenters. The number of fused-ring (bicyclic) bond motifs is 1. The Bertz CT molecular complexity index is 1180. The number of amides is 1. The van der Waals surface area contributed by atoms with Gasteiger partial charge in [0.1, 0.15) is 17.5 Å². The van der Waals surface area contributed by atoms with Gasteiger partial charge < -0.3 is 15.1 Å². The molecule has 3 aromatic rings. The van der Waals surface area contributed by atoms with Crippen molar-refractivity contribution in [1.29, 1.82) is 0 Å². The van der Waals surface area contributed by atoms with Crippen molar-refractivity contribution in [3.05, 3.63) is 59.3 Å². The molecule has 0 spiro atoms. The zero-order valence-corrected chi connectivity index (χ0v) is 18.6. The monoisotopic (exact) mass is 435 g/mol. The first kappa shape index (κ1) is 20.4. The van der Waals surface area contributed by atoms with E-state index in [1.54, 1.807) is 11.9 Å². The number of halogens is 1. The number of nitrogens with one attached hydrogen (secondary N) is 1. The zero-order valence-electron chi connectivity index (χ0n) is 18.6. The molecule has 0 radical (unpaired) electrons. The van der Waals surface area contributed by atoms with Gasteiger partial charge in [-0.3, -0.25) is 9.48 Å². The maximum Gasteiger partial charge on any atom is 0.249 e. The highest BCUT2D eigenvalue weighted by molar-refractivity contribution is 6.04. The van der Waals surface area contributed by atoms with Crippen molar-refractivity contribution < 1.29 is 9.18 Å². The molecule has 2 aliphatic rings. The Hall–Kier alpha value is -3.49. The molecule has 3 atom stereocenters. The summed E-state index contributed by atoms with van der Waals surface area (Å²) in [6.45, 7) is 4.30. The smallest absolute Gasteiger partial charge is 0.249 e. The fourth-order valence-corrected chi connectivity index (χ4v) is 4.38. The number of aryl methyl sites for hydroxylation is 1. The number of carbonyl (C=O) groups excluding carboxylic acids is 1. The predicted molar refractivity (Wildman–Crippen MR) is 120 cm³/mol. The van der Waals surface area contributed by atoms with Crippen LogP contribution in [-0.4, -0.2) is 45.8 Å². The molecule has 0 saturated heterocycles. The second kappa shape index (κ2) is 7.58. The number of anilines is 3. The van der Waals surface area contributed by atoms with Crippen molar-refractivity contribution in [2.75, 3.05) is 29.2 Å². The van der Waals surface area contributed by atoms with Crippen LogP contribution in [0.2, 0.25) is 0 Å². The maximum atomic E-state index is 13.2. The molecule has 1 aliphatic heterocycles. The molecule has 8 nitrogen and oxygen atoms in total. The van der Waals surface area contributed by atoms with Crippen LogP contribution in [0, 0.1) is 12.7 Å². The summed E-state index contributed by atoms with van der Waals surface area (Å²) >= 11 is 0. The number of hydrogen-bond donors (Lipinski definition) is 1. The minimum atomic E-state index is -0.277. The van der Waals surface area contributed by atoms with E-state index in [9.17, 15) is 9.18 Å². The van der Waals surface area contributed by atoms with Crippen LogP contribution in [-0.2, 0) is 11.3 Å². The van der Waals surface area contributed by atoms with E-state index in [-0.39, 0.29) is 17.8 Å². The first-order chi connectivity index (χ1) is 15.3. The average molecular weight is 436 g/mol. The van der Waals surface area contributed by atoms with Crippen LogP contribution in [0.5, 0.6) is 0 Å². The van der Waals surface area contributed by atoms with E-state index in [1.165, 1.54) is 12.1 Å². The summed E-state index contributed by atoms with van der Waals surface area (Å²) in [7, 11) is 3.64. The number of benzene rings is 1. The van der Waals surface area contributed by atoms with Gasteiger partial charge in [-0.2, -0.15) is 10.1 Å². The zero-order chi connectivity index (χ0) is 22.6. The number of aromatic nitrogens is 4. The van der Waals surface area contributed by atoms with E-state index in [0.717, 1.165) is 34.7 Å². The summed E-state index contributed by atoms with van der Waals surface area (Å²) in [5, 5.41) is 7.81. The molecule has 1 aliphatic carbocycles. The summed E-state index contributed by atoms with van der Waals surface area (Å²) in [6, 6.07) is 6.75. The molecule has 0 bridgehead atoms. The topological polar surface area (TPSA) is 79.2 Å². The van der Waals surface area contributed by atoms with Crippen molar-refractivity contribution in [3.8, 4) is 0 Å². The molecular weight excluding hydrogens is 409 g/mol. The number of likely N-dealkylation sites (N-methyl/N-ethyl adjacent to an activating group) is 2. The fourth-order valence-electron chi connectivity index (χ4n) is 4.38. The van der Waals surface area contributed by atoms with Crippen LogP contribution in [0.1, 0.15) is 42.1 Å². The highest BCUT2D eigenvalue weighted by Crippen LogP contribution is 2.51. The van der Waals surface area contributed by atoms with E-state index in [1.807, 2.05) is 55.0 Å². The van der Waals surface area contributed by atoms with Gasteiger partial charge in [-0.25, -0.2) is 9.37 Å². The lowest BCUT2D eigenvalue weighted by Gasteiger charge is -2.37. The van der Waals surface area contributed by atoms with Crippen LogP contribution >= 0.6 is 0 Å². The molecule has 32 heavy (non-hydrogen) atoms. The van der Waals surface area contributed by atoms with Crippen LogP contribution in [0.15, 0.2) is 36.7 Å². The van der Waals surface area contributed by atoms with Crippen molar-refractivity contribution in [3.63, 3.8) is 0 Å². The van der Waals surface area contributed by atoms with Crippen LogP contribution < -0.4 is 15.1 Å². The van der Waals surface area contributed by atoms with E-state index >= 15 is 0 Å². The largest absolute Gasteiger partial charge is 0.350 e. The van der Waals surface area contributed by atoms with Crippen molar-refractivity contribution in [2.24, 2.45) is 0 Å². The molecule has 1 saturated carbocycles. The van der Waals surface area contributed by atoms with Crippen LogP contribution in [0.3, 0.4) is 0 Å². The number of hydrogen-bond acceptors (Lipinski definition) is 6. The van der Waals surface area contributed by atoms with Gasteiger partial charge in [0.2, 0.25) is 11.9 Å². The molecule has 2 aromatic heterocycles. The first-order valence-electron chi connectivity index (χ1n) is 10.7. The van der Waals surface area contributed by atoms with Gasteiger partial charge in [-0.05, 0) is 38.0 Å². The second-order valence-corrected chi connectivity index (χ2v) is 8.63. The molecule has 1 N–H and O–H groups in total. The van der Waals surface area contributed by atoms with Gasteiger partial charge >= 0.3 is 0 Å². The predicted octanol–water partition coefficient (Wildman–Crippen LogP) is 3.26. The van der Waals surface area contributed by atoms with Gasteiger partial charge in [0, 0.05) is 38.3 Å². The molecule has 5 rings (SSSR count). The third kappa shape index (κ3) is 3.47. The lowest BCUT2D eigenvalue weighted by Crippen LogP contribution is -2.49. The fraction of sp³-hybridized carbons (Fsp3) is 0.391. The molecule has 1 aromatic carbocycles. The second-order valence-electron chi connectivity index (χ2n) is 8.63. The third-order valence-electron chi connectivity index (χ3n) is 6.48. The third-order valence-corrected chi connectivity index (χ3v) is 6.48. The van der Waals surface area contributed by atoms with Crippen molar-refractivity contribution in [1.82, 2.24) is 19.7 Å². The quantitative estimate of drug-likeness (QED) is 0.663. The Balaban J connectivity index is 1.27. The minimum absolute atomic E-state index is 0.0267. The van der Waals surface area contributed by atoms with E-state index in [0.29, 0.717) is 24.5 Å². The van der Waals surface area contributed by atoms with Gasteiger partial charge in [0.25, 0.3) is 0 Å². The molecule has 1 fully saturated rings. The lowest BCUT2D eigenvalue weighted by atomic mass is 10.1. The number of rotatable bonds is 5. The van der Waals surface area contributed by atoms with Crippen molar-refractivity contribution in [2.45, 2.75) is 44.8 Å². The van der Waals surface area contributed by atoms with E-state index in [4.69, 9.17) is 0 Å². The molecule has 3 heterocycles. The van der Waals surface area contributed by atoms with E-state index < -0.39 is 0 Å². The van der Waals surface area contributed by atoms with E-state index in [2.05, 4.69) is 20.4 Å². The summed E-state index contributed by atoms with van der Waals surface area (Å²) in [4.78, 5) is 25.2. The van der Waals surface area contributed by atoms with Crippen LogP contribution in [0.25, 0.3) is 0 Å². The summed E-state index contributed by atoms with van der Waals surface area (Å²) in [6.07, 6.45) is 4.89. The van der Waals surface area contributed by atoms with Gasteiger partial charge in [0.15, 0.2) is 5.82 Å². The highest BCUT2D eigenvalue weighted by Gasteiger charge is 2.40. The Morgan fingerprint density at radius 2 is 1.94 bits per heavy atom. The first-order valence-corrected chi connectivity index (χ1v) is 10.7. The van der Waals surface area contributed by atoms with Crippen LogP contribution in [0.4, 0.5) is 21.8 Å². The number of carbonyl (C=O) groups is 1. The number of nitrogens with zero attached hydrogens (tertiary/aromatic N) is 6. The molecule has 1 amide bonds. The maximum absolute atomic E-state index is 13.2. The summed E-state index contributed by atoms with van der Waals surface area (Å²) < 4.78 is 15.1.